The second-order valence-electron chi connectivity index (χ2n) is 4.19. The van der Waals surface area contributed by atoms with E-state index >= 15 is 0 Å². The highest BCUT2D eigenvalue weighted by Crippen LogP contribution is 2.12. The summed E-state index contributed by atoms with van der Waals surface area (Å²) >= 11 is 0. The smallest absolute Gasteiger partial charge is 0.119 e. The predicted molar refractivity (Wildman–Crippen MR) is 66.4 cm³/mol. The van der Waals surface area contributed by atoms with E-state index in [1.165, 1.54) is 0 Å². The largest absolute Gasteiger partial charge is 0.494 e. The summed E-state index contributed by atoms with van der Waals surface area (Å²) in [6, 6.07) is 9.20. The van der Waals surface area contributed by atoms with Gasteiger partial charge in [0.25, 0.3) is 0 Å². The van der Waals surface area contributed by atoms with Gasteiger partial charge >= 0.3 is 0 Å². The molecule has 0 spiro atoms. The first-order chi connectivity index (χ1) is 8.88. The molecule has 1 aliphatic rings. The average Bonchev–Trinajstić information content (AvgIpc) is 2.92. The molecule has 0 amide bonds. The first-order valence-electron chi connectivity index (χ1n) is 6.21. The van der Waals surface area contributed by atoms with Gasteiger partial charge in [-0.15, -0.1) is 0 Å². The molecule has 18 heavy (non-hydrogen) atoms. The van der Waals surface area contributed by atoms with Gasteiger partial charge in [-0.25, -0.2) is 0 Å². The van der Waals surface area contributed by atoms with E-state index < -0.39 is 0 Å². The summed E-state index contributed by atoms with van der Waals surface area (Å²) in [6.45, 7) is 2.85. The topological polar surface area (TPSA) is 51.5 Å². The van der Waals surface area contributed by atoms with Crippen LogP contribution in [0.5, 0.6) is 5.75 Å². The average molecular weight is 247 g/mol. The van der Waals surface area contributed by atoms with Crippen LogP contribution < -0.4 is 4.74 Å². The Bertz CT molecular complexity index is 390. The zero-order valence-corrected chi connectivity index (χ0v) is 10.3. The molecule has 0 saturated carbocycles. The Kier molecular flexibility index (Phi) is 5.00. The fraction of sp³-hybridized carbons (Fsp3) is 0.500. The Morgan fingerprint density at radius 3 is 2.78 bits per heavy atom. The van der Waals surface area contributed by atoms with E-state index in [9.17, 15) is 0 Å². The number of rotatable bonds is 6. The van der Waals surface area contributed by atoms with Crippen molar-refractivity contribution < 1.29 is 14.2 Å². The first kappa shape index (κ1) is 12.9. The van der Waals surface area contributed by atoms with Gasteiger partial charge in [-0.1, -0.05) is 0 Å². The molecule has 1 unspecified atom stereocenters. The molecule has 0 aromatic heterocycles. The molecule has 1 aromatic carbocycles. The van der Waals surface area contributed by atoms with Crippen LogP contribution in [0.3, 0.4) is 0 Å². The third kappa shape index (κ3) is 4.02. The van der Waals surface area contributed by atoms with Gasteiger partial charge in [0.15, 0.2) is 0 Å². The summed E-state index contributed by atoms with van der Waals surface area (Å²) in [4.78, 5) is 0. The lowest BCUT2D eigenvalue weighted by molar-refractivity contribution is 0.0366. The molecule has 4 nitrogen and oxygen atoms in total. The molecule has 2 rings (SSSR count). The molecule has 0 bridgehead atoms. The van der Waals surface area contributed by atoms with Crippen molar-refractivity contribution in [2.24, 2.45) is 0 Å². The van der Waals surface area contributed by atoms with Crippen molar-refractivity contribution >= 4 is 0 Å². The minimum absolute atomic E-state index is 0.264. The van der Waals surface area contributed by atoms with Crippen LogP contribution in [0.15, 0.2) is 24.3 Å². The van der Waals surface area contributed by atoms with Crippen LogP contribution in [-0.4, -0.2) is 32.5 Å². The third-order valence-electron chi connectivity index (χ3n) is 2.78. The third-order valence-corrected chi connectivity index (χ3v) is 2.78. The van der Waals surface area contributed by atoms with Gasteiger partial charge in [0.05, 0.1) is 37.6 Å². The van der Waals surface area contributed by atoms with Crippen molar-refractivity contribution in [1.29, 1.82) is 5.26 Å². The summed E-state index contributed by atoms with van der Waals surface area (Å²) in [7, 11) is 0. The van der Waals surface area contributed by atoms with Gasteiger partial charge in [-0.2, -0.15) is 5.26 Å². The molecule has 4 heteroatoms. The van der Waals surface area contributed by atoms with E-state index in [0.717, 1.165) is 31.8 Å². The maximum Gasteiger partial charge on any atom is 0.119 e. The molecule has 96 valence electrons. The van der Waals surface area contributed by atoms with Crippen molar-refractivity contribution in [3.8, 4) is 11.8 Å². The normalized spacial score (nSPS) is 18.5. The molecule has 1 fully saturated rings. The van der Waals surface area contributed by atoms with Crippen LogP contribution in [0.2, 0.25) is 0 Å². The molecule has 1 aliphatic heterocycles. The summed E-state index contributed by atoms with van der Waals surface area (Å²) in [5.41, 5.74) is 0.645. The van der Waals surface area contributed by atoms with Crippen LogP contribution in [-0.2, 0) is 9.47 Å². The summed E-state index contributed by atoms with van der Waals surface area (Å²) < 4.78 is 16.4. The van der Waals surface area contributed by atoms with Crippen molar-refractivity contribution in [1.82, 2.24) is 0 Å². The Balaban J connectivity index is 1.58. The van der Waals surface area contributed by atoms with E-state index in [4.69, 9.17) is 19.5 Å². The van der Waals surface area contributed by atoms with Crippen LogP contribution >= 0.6 is 0 Å². The molecule has 1 atom stereocenters. The monoisotopic (exact) mass is 247 g/mol. The number of benzene rings is 1. The summed E-state index contributed by atoms with van der Waals surface area (Å²) in [6.07, 6.45) is 2.12. The lowest BCUT2D eigenvalue weighted by Crippen LogP contribution is -2.14. The Morgan fingerprint density at radius 2 is 2.11 bits per heavy atom. The van der Waals surface area contributed by atoms with E-state index in [1.807, 2.05) is 12.1 Å². The highest BCUT2D eigenvalue weighted by Gasteiger charge is 2.15. The van der Waals surface area contributed by atoms with Gasteiger partial charge in [0.2, 0.25) is 0 Å². The molecular weight excluding hydrogens is 230 g/mol. The zero-order chi connectivity index (χ0) is 12.6. The van der Waals surface area contributed by atoms with Crippen LogP contribution in [0.1, 0.15) is 18.4 Å². The molecule has 0 radical (unpaired) electrons. The Labute approximate surface area is 107 Å². The lowest BCUT2D eigenvalue weighted by Gasteiger charge is -2.10. The van der Waals surface area contributed by atoms with Crippen molar-refractivity contribution in [2.75, 3.05) is 26.4 Å². The van der Waals surface area contributed by atoms with Gasteiger partial charge < -0.3 is 14.2 Å². The number of hydrogen-bond donors (Lipinski definition) is 0. The predicted octanol–water partition coefficient (Wildman–Crippen LogP) is 2.13. The standard InChI is InChI=1S/C14H17NO3/c15-10-12-2-4-13(5-3-12)17-7-1-8-18-14-6-9-16-11-14/h2-5,14H,1,6-9,11H2. The number of hydrogen-bond acceptors (Lipinski definition) is 4. The van der Waals surface area contributed by atoms with Crippen molar-refractivity contribution in [3.05, 3.63) is 29.8 Å². The summed E-state index contributed by atoms with van der Waals surface area (Å²) in [5, 5.41) is 8.66. The Hall–Kier alpha value is -1.57. The fourth-order valence-corrected chi connectivity index (χ4v) is 1.77. The quantitative estimate of drug-likeness (QED) is 0.723. The minimum Gasteiger partial charge on any atom is -0.494 e. The van der Waals surface area contributed by atoms with Crippen LogP contribution in [0.25, 0.3) is 0 Å². The highest BCUT2D eigenvalue weighted by atomic mass is 16.5. The highest BCUT2D eigenvalue weighted by molar-refractivity contribution is 5.34. The second kappa shape index (κ2) is 7.00. The molecule has 0 aliphatic carbocycles. The number of nitrogens with zero attached hydrogens (tertiary/aromatic N) is 1. The van der Waals surface area contributed by atoms with E-state index in [0.29, 0.717) is 18.8 Å². The van der Waals surface area contributed by atoms with Gasteiger partial charge in [-0.05, 0) is 30.7 Å². The van der Waals surface area contributed by atoms with E-state index in [1.54, 1.807) is 12.1 Å². The summed E-state index contributed by atoms with van der Waals surface area (Å²) in [5.74, 6) is 0.790. The van der Waals surface area contributed by atoms with Gasteiger partial charge in [-0.3, -0.25) is 0 Å². The molecule has 1 heterocycles. The van der Waals surface area contributed by atoms with Crippen LogP contribution in [0, 0.1) is 11.3 Å². The van der Waals surface area contributed by atoms with Gasteiger partial charge in [0.1, 0.15) is 5.75 Å². The SMILES string of the molecule is N#Cc1ccc(OCCCOC2CCOC2)cc1. The second-order valence-corrected chi connectivity index (χ2v) is 4.19. The van der Waals surface area contributed by atoms with Crippen molar-refractivity contribution in [2.45, 2.75) is 18.9 Å². The first-order valence-corrected chi connectivity index (χ1v) is 6.21. The van der Waals surface area contributed by atoms with Gasteiger partial charge in [0, 0.05) is 13.0 Å². The lowest BCUT2D eigenvalue weighted by atomic mass is 10.2. The van der Waals surface area contributed by atoms with E-state index in [2.05, 4.69) is 6.07 Å². The molecule has 1 saturated heterocycles. The maximum atomic E-state index is 8.66. The molecule has 0 N–H and O–H groups in total. The fourth-order valence-electron chi connectivity index (χ4n) is 1.77. The Morgan fingerprint density at radius 1 is 1.28 bits per heavy atom. The van der Waals surface area contributed by atoms with Crippen molar-refractivity contribution in [3.63, 3.8) is 0 Å². The minimum atomic E-state index is 0.264. The van der Waals surface area contributed by atoms with Crippen LogP contribution in [0.4, 0.5) is 0 Å². The van der Waals surface area contributed by atoms with E-state index in [-0.39, 0.29) is 6.10 Å². The molecule has 1 aromatic rings. The molecular formula is C14H17NO3. The number of nitriles is 1. The zero-order valence-electron chi connectivity index (χ0n) is 10.3. The maximum absolute atomic E-state index is 8.66. The number of ether oxygens (including phenoxy) is 3.